The molecule has 1 aromatic carbocycles. The number of nitrogens with one attached hydrogen (secondary N) is 2. The topological polar surface area (TPSA) is 57.3 Å². The van der Waals surface area contributed by atoms with Crippen molar-refractivity contribution in [2.75, 3.05) is 29.9 Å². The molecule has 1 saturated heterocycles. The largest absolute Gasteiger partial charge is 0.372 e. The monoisotopic (exact) mass is 336 g/mol. The number of pyridine rings is 1. The van der Waals surface area contributed by atoms with E-state index in [1.54, 1.807) is 24.5 Å². The van der Waals surface area contributed by atoms with Gasteiger partial charge < -0.3 is 15.5 Å². The zero-order valence-corrected chi connectivity index (χ0v) is 14.4. The smallest absolute Gasteiger partial charge is 0.253 e. The summed E-state index contributed by atoms with van der Waals surface area (Å²) in [6.07, 6.45) is 8.79. The van der Waals surface area contributed by atoms with E-state index in [4.69, 9.17) is 0 Å². The van der Waals surface area contributed by atoms with Gasteiger partial charge in [0.2, 0.25) is 0 Å². The Kier molecular flexibility index (Phi) is 5.67. The number of hydrogen-bond acceptors (Lipinski definition) is 4. The van der Waals surface area contributed by atoms with Gasteiger partial charge in [0.15, 0.2) is 0 Å². The van der Waals surface area contributed by atoms with Gasteiger partial charge in [0.25, 0.3) is 5.91 Å². The zero-order chi connectivity index (χ0) is 17.5. The molecule has 130 valence electrons. The van der Waals surface area contributed by atoms with Crippen LogP contribution in [0, 0.1) is 0 Å². The fourth-order valence-corrected chi connectivity index (χ4v) is 2.97. The number of amides is 1. The van der Waals surface area contributed by atoms with Crippen LogP contribution in [0.4, 0.5) is 17.1 Å². The number of benzene rings is 1. The molecular formula is C20H24N4O. The molecule has 3 rings (SSSR count). The van der Waals surface area contributed by atoms with Crippen LogP contribution in [0.1, 0.15) is 29.6 Å². The van der Waals surface area contributed by atoms with Crippen molar-refractivity contribution in [3.8, 4) is 0 Å². The van der Waals surface area contributed by atoms with E-state index in [1.807, 2.05) is 0 Å². The van der Waals surface area contributed by atoms with Gasteiger partial charge in [-0.3, -0.25) is 9.78 Å². The number of carbonyl (C=O) groups excluding carboxylic acids is 1. The van der Waals surface area contributed by atoms with Gasteiger partial charge in [-0.05, 0) is 49.6 Å². The molecule has 2 N–H and O–H groups in total. The number of carbonyl (C=O) groups is 1. The normalized spacial score (nSPS) is 14.0. The highest BCUT2D eigenvalue weighted by atomic mass is 16.1. The van der Waals surface area contributed by atoms with Crippen molar-refractivity contribution >= 4 is 23.0 Å². The molecule has 5 heteroatoms. The quantitative estimate of drug-likeness (QED) is 0.789. The summed E-state index contributed by atoms with van der Waals surface area (Å²) in [5.41, 5.74) is 3.56. The highest BCUT2D eigenvalue weighted by molar-refractivity contribution is 5.94. The average molecular weight is 336 g/mol. The summed E-state index contributed by atoms with van der Waals surface area (Å²) in [6.45, 7) is 6.31. The predicted octanol–water partition coefficient (Wildman–Crippen LogP) is 3.73. The van der Waals surface area contributed by atoms with E-state index < -0.39 is 0 Å². The Balaban J connectivity index is 1.65. The summed E-state index contributed by atoms with van der Waals surface area (Å²) < 4.78 is 0. The highest BCUT2D eigenvalue weighted by Gasteiger charge is 2.11. The third-order valence-electron chi connectivity index (χ3n) is 4.28. The van der Waals surface area contributed by atoms with Crippen molar-refractivity contribution in [2.24, 2.45) is 0 Å². The third-order valence-corrected chi connectivity index (χ3v) is 4.28. The fraction of sp³-hybridized carbons (Fsp3) is 0.300. The van der Waals surface area contributed by atoms with Crippen molar-refractivity contribution in [1.82, 2.24) is 10.3 Å². The van der Waals surface area contributed by atoms with Crippen LogP contribution >= 0.6 is 0 Å². The lowest BCUT2D eigenvalue weighted by atomic mass is 10.1. The summed E-state index contributed by atoms with van der Waals surface area (Å²) in [5, 5.41) is 6.06. The van der Waals surface area contributed by atoms with Crippen LogP contribution < -0.4 is 15.5 Å². The van der Waals surface area contributed by atoms with E-state index in [9.17, 15) is 4.79 Å². The van der Waals surface area contributed by atoms with E-state index in [2.05, 4.69) is 51.4 Å². The Bertz CT molecular complexity index is 721. The summed E-state index contributed by atoms with van der Waals surface area (Å²) in [4.78, 5) is 18.6. The van der Waals surface area contributed by atoms with Crippen LogP contribution in [0.5, 0.6) is 0 Å². The molecule has 0 radical (unpaired) electrons. The minimum atomic E-state index is -0.156. The van der Waals surface area contributed by atoms with Crippen LogP contribution in [0.3, 0.4) is 0 Å². The van der Waals surface area contributed by atoms with Crippen molar-refractivity contribution in [1.29, 1.82) is 0 Å². The van der Waals surface area contributed by atoms with Crippen LogP contribution in [0.25, 0.3) is 0 Å². The van der Waals surface area contributed by atoms with Gasteiger partial charge in [0.1, 0.15) is 0 Å². The second-order valence-electron chi connectivity index (χ2n) is 6.18. The maximum Gasteiger partial charge on any atom is 0.253 e. The molecule has 5 nitrogen and oxygen atoms in total. The second kappa shape index (κ2) is 8.33. The Morgan fingerprint density at radius 3 is 2.60 bits per heavy atom. The lowest BCUT2D eigenvalue weighted by molar-refractivity contribution is 0.0957. The van der Waals surface area contributed by atoms with Gasteiger partial charge in [-0.2, -0.15) is 0 Å². The highest BCUT2D eigenvalue weighted by Crippen LogP contribution is 2.23. The number of piperidine rings is 1. The molecule has 1 fully saturated rings. The van der Waals surface area contributed by atoms with Crippen LogP contribution in [0.15, 0.2) is 55.4 Å². The molecule has 0 saturated carbocycles. The first-order valence-corrected chi connectivity index (χ1v) is 8.72. The number of anilines is 3. The van der Waals surface area contributed by atoms with Crippen molar-refractivity contribution in [3.63, 3.8) is 0 Å². The standard InChI is InChI=1S/C20H24N4O/c1-2-10-22-20(25)16-13-18(15-21-14-16)23-17-6-8-19(9-7-17)24-11-4-3-5-12-24/h2,6-9,13-15,23H,1,3-5,10-12H2,(H,22,25). The molecule has 2 heterocycles. The van der Waals surface area contributed by atoms with Gasteiger partial charge >= 0.3 is 0 Å². The Labute approximate surface area is 148 Å². The molecule has 0 aliphatic carbocycles. The van der Waals surface area contributed by atoms with Gasteiger partial charge in [-0.25, -0.2) is 0 Å². The molecular weight excluding hydrogens is 312 g/mol. The van der Waals surface area contributed by atoms with Crippen molar-refractivity contribution in [3.05, 3.63) is 60.9 Å². The average Bonchev–Trinajstić information content (AvgIpc) is 2.67. The predicted molar refractivity (Wildman–Crippen MR) is 103 cm³/mol. The van der Waals surface area contributed by atoms with E-state index in [0.717, 1.165) is 24.5 Å². The van der Waals surface area contributed by atoms with Crippen LogP contribution in [-0.4, -0.2) is 30.5 Å². The van der Waals surface area contributed by atoms with Crippen LogP contribution in [-0.2, 0) is 0 Å². The molecule has 0 atom stereocenters. The minimum Gasteiger partial charge on any atom is -0.372 e. The van der Waals surface area contributed by atoms with E-state index in [1.165, 1.54) is 24.9 Å². The molecule has 25 heavy (non-hydrogen) atoms. The van der Waals surface area contributed by atoms with Crippen LogP contribution in [0.2, 0.25) is 0 Å². The Morgan fingerprint density at radius 1 is 1.12 bits per heavy atom. The van der Waals surface area contributed by atoms with E-state index in [-0.39, 0.29) is 5.91 Å². The Morgan fingerprint density at radius 2 is 1.88 bits per heavy atom. The molecule has 0 unspecified atom stereocenters. The summed E-state index contributed by atoms with van der Waals surface area (Å²) in [5.74, 6) is -0.156. The van der Waals surface area contributed by atoms with Gasteiger partial charge in [-0.1, -0.05) is 6.08 Å². The van der Waals surface area contributed by atoms with Gasteiger partial charge in [-0.15, -0.1) is 6.58 Å². The molecule has 0 bridgehead atoms. The molecule has 1 amide bonds. The maximum absolute atomic E-state index is 12.0. The number of rotatable bonds is 6. The third kappa shape index (κ3) is 4.59. The first-order valence-electron chi connectivity index (χ1n) is 8.72. The zero-order valence-electron chi connectivity index (χ0n) is 14.4. The first kappa shape index (κ1) is 17.0. The molecule has 1 aliphatic rings. The van der Waals surface area contributed by atoms with Gasteiger partial charge in [0, 0.05) is 37.2 Å². The summed E-state index contributed by atoms with van der Waals surface area (Å²) in [7, 11) is 0. The lowest BCUT2D eigenvalue weighted by Gasteiger charge is -2.28. The molecule has 1 aliphatic heterocycles. The Hall–Kier alpha value is -2.82. The van der Waals surface area contributed by atoms with Gasteiger partial charge in [0.05, 0.1) is 17.4 Å². The van der Waals surface area contributed by atoms with E-state index in [0.29, 0.717) is 12.1 Å². The van der Waals surface area contributed by atoms with Crippen molar-refractivity contribution in [2.45, 2.75) is 19.3 Å². The maximum atomic E-state index is 12.0. The number of hydrogen-bond donors (Lipinski definition) is 2. The fourth-order valence-electron chi connectivity index (χ4n) is 2.97. The van der Waals surface area contributed by atoms with Crippen molar-refractivity contribution < 1.29 is 4.79 Å². The minimum absolute atomic E-state index is 0.156. The first-order chi connectivity index (χ1) is 12.3. The summed E-state index contributed by atoms with van der Waals surface area (Å²) >= 11 is 0. The molecule has 0 spiro atoms. The van der Waals surface area contributed by atoms with E-state index >= 15 is 0 Å². The summed E-state index contributed by atoms with van der Waals surface area (Å²) in [6, 6.07) is 10.2. The number of nitrogens with zero attached hydrogens (tertiary/aromatic N) is 2. The molecule has 1 aromatic heterocycles. The second-order valence-corrected chi connectivity index (χ2v) is 6.18. The lowest BCUT2D eigenvalue weighted by Crippen LogP contribution is -2.29. The molecule has 2 aromatic rings. The SMILES string of the molecule is C=CCNC(=O)c1cncc(Nc2ccc(N3CCCCC3)cc2)c1. The number of aromatic nitrogens is 1.